The minimum absolute atomic E-state index is 0.0280. The standard InChI is InChI=1S/C33H38N2O5/c1-21(36)35-28(32(39)40-20-22-8-4-3-5-9-22)15-30(37)26-10-6-7-11-27(26)34(2)31(38)29(35)19-33-16-23-12-24(17-33)14-25(13-23)18-33/h3-11,23-25,28-29H,12-20H2,1-2H3/t23?,24?,25?,28-,29+,33?/m0/s1. The summed E-state index contributed by atoms with van der Waals surface area (Å²) in [5, 5.41) is 0. The topological polar surface area (TPSA) is 84.0 Å². The van der Waals surface area contributed by atoms with E-state index in [1.165, 1.54) is 36.0 Å². The lowest BCUT2D eigenvalue weighted by atomic mass is 9.48. The van der Waals surface area contributed by atoms with Crippen LogP contribution in [0, 0.1) is 23.2 Å². The number of Topliss-reactive ketones (excluding diaryl/α,β-unsaturated/α-hetero) is 1. The highest BCUT2D eigenvalue weighted by molar-refractivity contribution is 6.09. The number of ether oxygens (including phenoxy) is 1. The Kier molecular flexibility index (Phi) is 7.01. The van der Waals surface area contributed by atoms with Gasteiger partial charge in [0, 0.05) is 26.0 Å². The van der Waals surface area contributed by atoms with Crippen LogP contribution in [0.5, 0.6) is 0 Å². The van der Waals surface area contributed by atoms with Gasteiger partial charge in [-0.2, -0.15) is 0 Å². The average Bonchev–Trinajstić information content (AvgIpc) is 2.96. The number of fused-ring (bicyclic) bond motifs is 1. The molecular formula is C33H38N2O5. The first-order chi connectivity index (χ1) is 19.2. The Balaban J connectivity index is 1.39. The van der Waals surface area contributed by atoms with Gasteiger partial charge in [-0.3, -0.25) is 14.4 Å². The molecule has 4 bridgehead atoms. The molecule has 7 heteroatoms. The van der Waals surface area contributed by atoms with Gasteiger partial charge in [0.25, 0.3) is 0 Å². The van der Waals surface area contributed by atoms with Crippen LogP contribution in [-0.4, -0.2) is 47.6 Å². The lowest BCUT2D eigenvalue weighted by Gasteiger charge is -2.58. The van der Waals surface area contributed by atoms with Crippen LogP contribution >= 0.6 is 0 Å². The summed E-state index contributed by atoms with van der Waals surface area (Å²) in [6.07, 6.45) is 7.28. The molecule has 4 saturated carbocycles. The van der Waals surface area contributed by atoms with E-state index in [1.54, 1.807) is 31.3 Å². The molecule has 7 nitrogen and oxygen atoms in total. The molecule has 210 valence electrons. The van der Waals surface area contributed by atoms with Crippen molar-refractivity contribution in [3.63, 3.8) is 0 Å². The molecule has 0 spiro atoms. The Morgan fingerprint density at radius 1 is 0.900 bits per heavy atom. The average molecular weight is 543 g/mol. The molecule has 4 fully saturated rings. The lowest BCUT2D eigenvalue weighted by Crippen LogP contribution is -2.59. The van der Waals surface area contributed by atoms with Crippen molar-refractivity contribution < 1.29 is 23.9 Å². The summed E-state index contributed by atoms with van der Waals surface area (Å²) in [5.41, 5.74) is 1.67. The molecule has 1 aliphatic heterocycles. The first-order valence-electron chi connectivity index (χ1n) is 14.6. The third-order valence-corrected chi connectivity index (χ3v) is 9.88. The molecule has 0 N–H and O–H groups in total. The van der Waals surface area contributed by atoms with Crippen molar-refractivity contribution in [3.05, 3.63) is 65.7 Å². The SMILES string of the molecule is CC(=O)N1[C@H](CC23CC4CC(CC(C4)C2)C3)C(=O)N(C)c2ccccc2C(=O)C[C@H]1C(=O)OCc1ccccc1. The highest BCUT2D eigenvalue weighted by Crippen LogP contribution is 2.62. The van der Waals surface area contributed by atoms with E-state index in [9.17, 15) is 19.2 Å². The number of para-hydroxylation sites is 1. The molecule has 4 aliphatic carbocycles. The van der Waals surface area contributed by atoms with Gasteiger partial charge in [-0.1, -0.05) is 42.5 Å². The van der Waals surface area contributed by atoms with Crippen LogP contribution in [0.1, 0.15) is 74.2 Å². The van der Waals surface area contributed by atoms with Gasteiger partial charge in [0.1, 0.15) is 18.7 Å². The van der Waals surface area contributed by atoms with E-state index in [4.69, 9.17) is 4.74 Å². The van der Waals surface area contributed by atoms with Crippen molar-refractivity contribution in [1.82, 2.24) is 4.90 Å². The predicted octanol–water partition coefficient (Wildman–Crippen LogP) is 5.17. The second-order valence-corrected chi connectivity index (χ2v) is 12.7. The summed E-state index contributed by atoms with van der Waals surface area (Å²) in [6.45, 7) is 1.42. The molecule has 2 aromatic carbocycles. The van der Waals surface area contributed by atoms with E-state index in [-0.39, 0.29) is 30.1 Å². The van der Waals surface area contributed by atoms with Crippen molar-refractivity contribution in [1.29, 1.82) is 0 Å². The number of anilines is 1. The quantitative estimate of drug-likeness (QED) is 0.487. The maximum Gasteiger partial charge on any atom is 0.329 e. The van der Waals surface area contributed by atoms with E-state index < -0.39 is 24.0 Å². The molecule has 1 heterocycles. The largest absolute Gasteiger partial charge is 0.459 e. The number of carbonyl (C=O) groups is 4. The maximum atomic E-state index is 14.4. The minimum Gasteiger partial charge on any atom is -0.459 e. The third kappa shape index (κ3) is 4.95. The summed E-state index contributed by atoms with van der Waals surface area (Å²) >= 11 is 0. The molecule has 0 unspecified atom stereocenters. The maximum absolute atomic E-state index is 14.4. The first kappa shape index (κ1) is 26.7. The summed E-state index contributed by atoms with van der Waals surface area (Å²) in [7, 11) is 1.67. The van der Waals surface area contributed by atoms with Crippen molar-refractivity contribution in [2.75, 3.05) is 11.9 Å². The Labute approximate surface area is 235 Å². The van der Waals surface area contributed by atoms with Crippen LogP contribution in [0.15, 0.2) is 54.6 Å². The Bertz CT molecular complexity index is 1290. The molecule has 7 rings (SSSR count). The Morgan fingerprint density at radius 3 is 2.12 bits per heavy atom. The minimum atomic E-state index is -1.18. The summed E-state index contributed by atoms with van der Waals surface area (Å²) in [6, 6.07) is 14.3. The number of ketones is 1. The fraction of sp³-hybridized carbons (Fsp3) is 0.515. The third-order valence-electron chi connectivity index (χ3n) is 9.88. The molecule has 40 heavy (non-hydrogen) atoms. The van der Waals surface area contributed by atoms with Gasteiger partial charge < -0.3 is 14.5 Å². The highest BCUT2D eigenvalue weighted by Gasteiger charge is 2.54. The van der Waals surface area contributed by atoms with Crippen LogP contribution in [0.4, 0.5) is 5.69 Å². The van der Waals surface area contributed by atoms with Gasteiger partial charge in [0.05, 0.1) is 5.69 Å². The zero-order valence-corrected chi connectivity index (χ0v) is 23.4. The van der Waals surface area contributed by atoms with Crippen LogP contribution in [-0.2, 0) is 25.7 Å². The number of hydrogen-bond donors (Lipinski definition) is 0. The molecular weight excluding hydrogens is 504 g/mol. The van der Waals surface area contributed by atoms with Gasteiger partial charge in [-0.05, 0) is 85.8 Å². The fourth-order valence-electron chi connectivity index (χ4n) is 8.66. The Hall–Kier alpha value is -3.48. The number of benzene rings is 2. The van der Waals surface area contributed by atoms with E-state index in [0.717, 1.165) is 24.8 Å². The lowest BCUT2D eigenvalue weighted by molar-refractivity contribution is -0.161. The van der Waals surface area contributed by atoms with E-state index in [2.05, 4.69) is 0 Å². The zero-order chi connectivity index (χ0) is 28.0. The molecule has 0 radical (unpaired) electrons. The molecule has 2 atom stereocenters. The number of amides is 2. The number of rotatable bonds is 5. The number of likely N-dealkylation sites (N-methyl/N-ethyl adjacent to an activating group) is 1. The normalized spacial score (nSPS) is 31.3. The number of nitrogens with zero attached hydrogens (tertiary/aromatic N) is 2. The molecule has 0 saturated heterocycles. The first-order valence-corrected chi connectivity index (χ1v) is 14.6. The van der Waals surface area contributed by atoms with Crippen LogP contribution in [0.3, 0.4) is 0 Å². The monoisotopic (exact) mass is 542 g/mol. The second-order valence-electron chi connectivity index (χ2n) is 12.7. The second kappa shape index (κ2) is 10.5. The van der Waals surface area contributed by atoms with Gasteiger partial charge in [-0.15, -0.1) is 0 Å². The smallest absolute Gasteiger partial charge is 0.329 e. The van der Waals surface area contributed by atoms with E-state index in [0.29, 0.717) is 35.4 Å². The van der Waals surface area contributed by atoms with Gasteiger partial charge in [0.15, 0.2) is 5.78 Å². The van der Waals surface area contributed by atoms with Crippen molar-refractivity contribution in [3.8, 4) is 0 Å². The highest BCUT2D eigenvalue weighted by atomic mass is 16.5. The number of carbonyl (C=O) groups excluding carboxylic acids is 4. The van der Waals surface area contributed by atoms with E-state index >= 15 is 0 Å². The van der Waals surface area contributed by atoms with Crippen molar-refractivity contribution in [2.24, 2.45) is 23.2 Å². The van der Waals surface area contributed by atoms with Crippen LogP contribution in [0.25, 0.3) is 0 Å². The predicted molar refractivity (Wildman–Crippen MR) is 150 cm³/mol. The van der Waals surface area contributed by atoms with Crippen LogP contribution in [0.2, 0.25) is 0 Å². The van der Waals surface area contributed by atoms with E-state index in [1.807, 2.05) is 30.3 Å². The van der Waals surface area contributed by atoms with Gasteiger partial charge >= 0.3 is 5.97 Å². The number of esters is 1. The summed E-state index contributed by atoms with van der Waals surface area (Å²) < 4.78 is 5.72. The zero-order valence-electron chi connectivity index (χ0n) is 23.4. The number of hydrogen-bond acceptors (Lipinski definition) is 5. The molecule has 2 aromatic rings. The summed E-state index contributed by atoms with van der Waals surface area (Å²) in [5.74, 6) is 0.433. The fourth-order valence-corrected chi connectivity index (χ4v) is 8.66. The van der Waals surface area contributed by atoms with Crippen molar-refractivity contribution in [2.45, 2.75) is 77.0 Å². The molecule has 0 aromatic heterocycles. The summed E-state index contributed by atoms with van der Waals surface area (Å²) in [4.78, 5) is 58.1. The van der Waals surface area contributed by atoms with Crippen LogP contribution < -0.4 is 4.90 Å². The van der Waals surface area contributed by atoms with Gasteiger partial charge in [0.2, 0.25) is 11.8 Å². The Morgan fingerprint density at radius 2 is 1.50 bits per heavy atom. The molecule has 5 aliphatic rings. The van der Waals surface area contributed by atoms with Gasteiger partial charge in [-0.25, -0.2) is 4.79 Å². The van der Waals surface area contributed by atoms with Crippen molar-refractivity contribution >= 4 is 29.3 Å². The molecule has 2 amide bonds.